The molecule has 9 heteroatoms. The van der Waals surface area contributed by atoms with E-state index in [1.54, 1.807) is 0 Å². The number of piperazine rings is 1. The van der Waals surface area contributed by atoms with Gasteiger partial charge < -0.3 is 9.30 Å². The quantitative estimate of drug-likeness (QED) is 0.784. The van der Waals surface area contributed by atoms with Gasteiger partial charge in [-0.05, 0) is 37.1 Å². The molecule has 27 heavy (non-hydrogen) atoms. The number of hydroxylamine groups is 2. The zero-order valence-electron chi connectivity index (χ0n) is 15.4. The lowest BCUT2D eigenvalue weighted by molar-refractivity contribution is -0.144. The molecule has 2 saturated heterocycles. The number of hydrogen-bond acceptors (Lipinski definition) is 5. The van der Waals surface area contributed by atoms with Crippen LogP contribution >= 0.6 is 0 Å². The molecule has 0 N–H and O–H groups in total. The van der Waals surface area contributed by atoms with Gasteiger partial charge in [-0.2, -0.15) is 4.31 Å². The van der Waals surface area contributed by atoms with Crippen LogP contribution < -0.4 is 4.90 Å². The van der Waals surface area contributed by atoms with E-state index >= 15 is 0 Å². The average Bonchev–Trinajstić information content (AvgIpc) is 3.10. The van der Waals surface area contributed by atoms with Gasteiger partial charge in [0, 0.05) is 44.4 Å². The second-order valence-corrected chi connectivity index (χ2v) is 8.98. The highest BCUT2D eigenvalue weighted by molar-refractivity contribution is 7.88. The molecule has 4 rings (SSSR count). The smallest absolute Gasteiger partial charge is 0.278 e. The molecule has 2 aromatic heterocycles. The van der Waals surface area contributed by atoms with Crippen LogP contribution in [0.1, 0.15) is 23.2 Å². The van der Waals surface area contributed by atoms with Crippen molar-refractivity contribution in [2.24, 2.45) is 0 Å². The normalized spacial score (nSPS) is 19.6. The number of anilines is 1. The third-order valence-electron chi connectivity index (χ3n) is 5.14. The lowest BCUT2D eigenvalue weighted by Crippen LogP contribution is -2.48. The number of sulfonamides is 1. The fraction of sp³-hybridized carbons (Fsp3) is 0.500. The molecule has 0 aliphatic carbocycles. The van der Waals surface area contributed by atoms with Crippen molar-refractivity contribution in [3.63, 3.8) is 0 Å². The zero-order chi connectivity index (χ0) is 19.0. The number of rotatable bonds is 3. The van der Waals surface area contributed by atoms with Gasteiger partial charge in [0.25, 0.3) is 5.91 Å². The van der Waals surface area contributed by atoms with Crippen molar-refractivity contribution in [1.82, 2.24) is 13.8 Å². The summed E-state index contributed by atoms with van der Waals surface area (Å²) in [6, 6.07) is 7.76. The first-order valence-corrected chi connectivity index (χ1v) is 11.0. The number of carbonyl (C=O) groups is 1. The Balaban J connectivity index is 1.57. The highest BCUT2D eigenvalue weighted by Gasteiger charge is 2.25. The van der Waals surface area contributed by atoms with Gasteiger partial charge in [-0.3, -0.25) is 9.63 Å². The Kier molecular flexibility index (Phi) is 4.83. The molecular formula is C18H24N4O4S. The van der Waals surface area contributed by atoms with Crippen LogP contribution in [0.5, 0.6) is 0 Å². The van der Waals surface area contributed by atoms with Crippen LogP contribution in [0.4, 0.5) is 5.82 Å². The van der Waals surface area contributed by atoms with Crippen LogP contribution in [-0.4, -0.2) is 73.7 Å². The third-order valence-corrected chi connectivity index (χ3v) is 6.44. The molecule has 8 nitrogen and oxygen atoms in total. The van der Waals surface area contributed by atoms with E-state index in [1.807, 2.05) is 34.9 Å². The first-order valence-electron chi connectivity index (χ1n) is 9.19. The van der Waals surface area contributed by atoms with E-state index in [4.69, 9.17) is 4.84 Å². The topological polar surface area (TPSA) is 74.6 Å². The van der Waals surface area contributed by atoms with Gasteiger partial charge in [-0.15, -0.1) is 0 Å². The van der Waals surface area contributed by atoms with Crippen molar-refractivity contribution >= 4 is 27.3 Å². The molecule has 0 bridgehead atoms. The van der Waals surface area contributed by atoms with Crippen LogP contribution in [0.3, 0.4) is 0 Å². The van der Waals surface area contributed by atoms with Gasteiger partial charge in [-0.25, -0.2) is 13.5 Å². The zero-order valence-corrected chi connectivity index (χ0v) is 16.2. The van der Waals surface area contributed by atoms with Crippen molar-refractivity contribution in [2.75, 3.05) is 50.5 Å². The number of amides is 1. The van der Waals surface area contributed by atoms with Gasteiger partial charge in [0.05, 0.1) is 18.4 Å². The number of pyridine rings is 1. The molecule has 0 saturated carbocycles. The molecule has 0 unspecified atom stereocenters. The van der Waals surface area contributed by atoms with Gasteiger partial charge in [0.2, 0.25) is 10.0 Å². The summed E-state index contributed by atoms with van der Waals surface area (Å²) in [6.07, 6.45) is 5.02. The highest BCUT2D eigenvalue weighted by Crippen LogP contribution is 2.23. The number of carbonyl (C=O) groups excluding carboxylic acids is 1. The molecule has 2 aliphatic heterocycles. The second kappa shape index (κ2) is 7.14. The van der Waals surface area contributed by atoms with E-state index in [0.29, 0.717) is 44.9 Å². The molecule has 0 spiro atoms. The Hall–Kier alpha value is -2.10. The van der Waals surface area contributed by atoms with Crippen LogP contribution in [0.25, 0.3) is 5.52 Å². The number of fused-ring (bicyclic) bond motifs is 1. The average molecular weight is 392 g/mol. The van der Waals surface area contributed by atoms with E-state index in [0.717, 1.165) is 24.2 Å². The first kappa shape index (κ1) is 18.3. The van der Waals surface area contributed by atoms with E-state index in [9.17, 15) is 13.2 Å². The Bertz CT molecular complexity index is 941. The SMILES string of the molecule is CS(=O)(=O)N1CCN(c2ccc3ccc(C(=O)N4CCCCO4)cn23)CC1. The molecule has 0 radical (unpaired) electrons. The summed E-state index contributed by atoms with van der Waals surface area (Å²) in [6.45, 7) is 3.36. The summed E-state index contributed by atoms with van der Waals surface area (Å²) >= 11 is 0. The molecule has 146 valence electrons. The summed E-state index contributed by atoms with van der Waals surface area (Å²) in [7, 11) is -3.16. The Labute approximate surface area is 158 Å². The van der Waals surface area contributed by atoms with Crippen LogP contribution in [0, 0.1) is 0 Å². The fourth-order valence-electron chi connectivity index (χ4n) is 3.62. The summed E-state index contributed by atoms with van der Waals surface area (Å²) in [5.41, 5.74) is 1.57. The minimum absolute atomic E-state index is 0.127. The third kappa shape index (κ3) is 3.67. The maximum absolute atomic E-state index is 12.7. The van der Waals surface area contributed by atoms with Gasteiger partial charge in [-0.1, -0.05) is 0 Å². The van der Waals surface area contributed by atoms with Gasteiger partial charge in [0.1, 0.15) is 5.82 Å². The second-order valence-electron chi connectivity index (χ2n) is 7.00. The number of aromatic nitrogens is 1. The first-order chi connectivity index (χ1) is 12.9. The Morgan fingerprint density at radius 2 is 1.74 bits per heavy atom. The van der Waals surface area contributed by atoms with Crippen molar-refractivity contribution in [3.05, 3.63) is 36.0 Å². The van der Waals surface area contributed by atoms with Crippen molar-refractivity contribution in [2.45, 2.75) is 12.8 Å². The highest BCUT2D eigenvalue weighted by atomic mass is 32.2. The molecule has 2 aromatic rings. The summed E-state index contributed by atoms with van der Waals surface area (Å²) in [5.74, 6) is 0.838. The summed E-state index contributed by atoms with van der Waals surface area (Å²) in [4.78, 5) is 20.3. The monoisotopic (exact) mass is 392 g/mol. The summed E-state index contributed by atoms with van der Waals surface area (Å²) < 4.78 is 26.9. The molecule has 2 fully saturated rings. The number of nitrogens with zero attached hydrogens (tertiary/aromatic N) is 4. The molecule has 0 aromatic carbocycles. The minimum atomic E-state index is -3.16. The Morgan fingerprint density at radius 1 is 1.00 bits per heavy atom. The Morgan fingerprint density at radius 3 is 2.41 bits per heavy atom. The predicted octanol–water partition coefficient (Wildman–Crippen LogP) is 1.19. The molecule has 1 amide bonds. The van der Waals surface area contributed by atoms with E-state index in [2.05, 4.69) is 4.90 Å². The largest absolute Gasteiger partial charge is 0.355 e. The van der Waals surface area contributed by atoms with Crippen molar-refractivity contribution in [3.8, 4) is 0 Å². The lowest BCUT2D eigenvalue weighted by atomic mass is 10.2. The minimum Gasteiger partial charge on any atom is -0.355 e. The van der Waals surface area contributed by atoms with E-state index in [-0.39, 0.29) is 5.91 Å². The molecule has 0 atom stereocenters. The molecular weight excluding hydrogens is 368 g/mol. The van der Waals surface area contributed by atoms with Gasteiger partial charge in [0.15, 0.2) is 0 Å². The van der Waals surface area contributed by atoms with Crippen molar-refractivity contribution in [1.29, 1.82) is 0 Å². The molecule has 2 aliphatic rings. The summed E-state index contributed by atoms with van der Waals surface area (Å²) in [5, 5.41) is 1.44. The van der Waals surface area contributed by atoms with Crippen LogP contribution in [0.2, 0.25) is 0 Å². The van der Waals surface area contributed by atoms with Crippen LogP contribution in [0.15, 0.2) is 30.5 Å². The maximum atomic E-state index is 12.7. The van der Waals surface area contributed by atoms with E-state index in [1.165, 1.54) is 15.6 Å². The lowest BCUT2D eigenvalue weighted by Gasteiger charge is -2.34. The fourth-order valence-corrected chi connectivity index (χ4v) is 4.45. The standard InChI is InChI=1S/C18H24N4O4S/c1-27(24,25)20-11-9-19(10-12-20)17-7-6-16-5-4-15(14-21(16)17)18(23)22-8-2-3-13-26-22/h4-7,14H,2-3,8-13H2,1H3. The van der Waals surface area contributed by atoms with E-state index < -0.39 is 10.0 Å². The molecule has 4 heterocycles. The number of hydrogen-bond donors (Lipinski definition) is 0. The van der Waals surface area contributed by atoms with Crippen LogP contribution in [-0.2, 0) is 14.9 Å². The maximum Gasteiger partial charge on any atom is 0.278 e. The van der Waals surface area contributed by atoms with Gasteiger partial charge >= 0.3 is 0 Å². The van der Waals surface area contributed by atoms with Crippen molar-refractivity contribution < 1.29 is 18.0 Å². The predicted molar refractivity (Wildman–Crippen MR) is 102 cm³/mol.